The van der Waals surface area contributed by atoms with Gasteiger partial charge in [-0.1, -0.05) is 12.2 Å². The molecule has 2 atom stereocenters. The molecule has 2 rings (SSSR count). The first-order valence-electron chi connectivity index (χ1n) is 4.27. The number of ether oxygens (including phenoxy) is 2. The van der Waals surface area contributed by atoms with Gasteiger partial charge < -0.3 is 9.47 Å². The number of allylic oxidation sites excluding steroid dienone is 1. The van der Waals surface area contributed by atoms with Crippen LogP contribution in [0.15, 0.2) is 12.2 Å². The highest BCUT2D eigenvalue weighted by molar-refractivity contribution is 5.11. The van der Waals surface area contributed by atoms with Gasteiger partial charge in [0.15, 0.2) is 0 Å². The van der Waals surface area contributed by atoms with E-state index in [-0.39, 0.29) is 5.60 Å². The average molecular weight is 154 g/mol. The van der Waals surface area contributed by atoms with Crippen molar-refractivity contribution in [1.29, 1.82) is 0 Å². The zero-order valence-corrected chi connectivity index (χ0v) is 6.88. The van der Waals surface area contributed by atoms with Crippen molar-refractivity contribution in [2.45, 2.75) is 31.5 Å². The maximum atomic E-state index is 5.69. The zero-order chi connectivity index (χ0) is 7.73. The first-order chi connectivity index (χ1) is 5.37. The zero-order valence-electron chi connectivity index (χ0n) is 6.88. The summed E-state index contributed by atoms with van der Waals surface area (Å²) in [4.78, 5) is 0. The molecule has 0 aromatic rings. The third-order valence-electron chi connectivity index (χ3n) is 2.56. The molecule has 2 saturated heterocycles. The van der Waals surface area contributed by atoms with Crippen molar-refractivity contribution >= 4 is 0 Å². The van der Waals surface area contributed by atoms with E-state index in [2.05, 4.69) is 12.2 Å². The Balaban J connectivity index is 2.19. The monoisotopic (exact) mass is 154 g/mol. The maximum Gasteiger partial charge on any atom is 0.115 e. The molecule has 2 nitrogen and oxygen atoms in total. The van der Waals surface area contributed by atoms with E-state index in [0.717, 1.165) is 26.1 Å². The Morgan fingerprint density at radius 3 is 3.18 bits per heavy atom. The molecule has 0 spiro atoms. The summed E-state index contributed by atoms with van der Waals surface area (Å²) in [6, 6.07) is 0. The second kappa shape index (κ2) is 2.61. The SMILES string of the molecule is C/C=C/C12CCOC1CCO2. The van der Waals surface area contributed by atoms with Crippen LogP contribution in [0.1, 0.15) is 19.8 Å². The Bertz CT molecular complexity index is 164. The lowest BCUT2D eigenvalue weighted by Crippen LogP contribution is -2.32. The summed E-state index contributed by atoms with van der Waals surface area (Å²) in [5, 5.41) is 0. The van der Waals surface area contributed by atoms with E-state index in [1.165, 1.54) is 0 Å². The second-order valence-corrected chi connectivity index (χ2v) is 3.20. The molecule has 2 aliphatic rings. The number of rotatable bonds is 1. The summed E-state index contributed by atoms with van der Waals surface area (Å²) < 4.78 is 11.2. The average Bonchev–Trinajstić information content (AvgIpc) is 2.45. The van der Waals surface area contributed by atoms with Crippen molar-refractivity contribution in [3.8, 4) is 0 Å². The lowest BCUT2D eigenvalue weighted by atomic mass is 9.95. The summed E-state index contributed by atoms with van der Waals surface area (Å²) in [5.41, 5.74) is -0.0469. The van der Waals surface area contributed by atoms with Crippen LogP contribution in [-0.4, -0.2) is 24.9 Å². The molecule has 2 heterocycles. The van der Waals surface area contributed by atoms with Crippen LogP contribution >= 0.6 is 0 Å². The molecular formula is C9H14O2. The Hall–Kier alpha value is -0.340. The molecule has 0 bridgehead atoms. The topological polar surface area (TPSA) is 18.5 Å². The van der Waals surface area contributed by atoms with Gasteiger partial charge in [-0.2, -0.15) is 0 Å². The predicted octanol–water partition coefficient (Wildman–Crippen LogP) is 1.51. The number of hydrogen-bond donors (Lipinski definition) is 0. The van der Waals surface area contributed by atoms with Crippen molar-refractivity contribution < 1.29 is 9.47 Å². The van der Waals surface area contributed by atoms with Gasteiger partial charge in [-0.25, -0.2) is 0 Å². The molecule has 62 valence electrons. The lowest BCUT2D eigenvalue weighted by Gasteiger charge is -2.21. The smallest absolute Gasteiger partial charge is 0.115 e. The van der Waals surface area contributed by atoms with Crippen LogP contribution in [-0.2, 0) is 9.47 Å². The summed E-state index contributed by atoms with van der Waals surface area (Å²) in [6.45, 7) is 3.75. The highest BCUT2D eigenvalue weighted by atomic mass is 16.6. The largest absolute Gasteiger partial charge is 0.375 e. The first kappa shape index (κ1) is 7.32. The molecule has 2 aliphatic heterocycles. The van der Waals surface area contributed by atoms with Crippen molar-refractivity contribution in [3.63, 3.8) is 0 Å². The van der Waals surface area contributed by atoms with E-state index in [4.69, 9.17) is 9.47 Å². The minimum atomic E-state index is -0.0469. The van der Waals surface area contributed by atoms with Gasteiger partial charge in [0.1, 0.15) is 5.60 Å². The minimum absolute atomic E-state index is 0.0469. The molecule has 0 amide bonds. The van der Waals surface area contributed by atoms with E-state index >= 15 is 0 Å². The van der Waals surface area contributed by atoms with E-state index in [0.29, 0.717) is 6.10 Å². The van der Waals surface area contributed by atoms with Gasteiger partial charge in [0.25, 0.3) is 0 Å². The third-order valence-corrected chi connectivity index (χ3v) is 2.56. The first-order valence-corrected chi connectivity index (χ1v) is 4.27. The van der Waals surface area contributed by atoms with Crippen molar-refractivity contribution in [1.82, 2.24) is 0 Å². The molecule has 11 heavy (non-hydrogen) atoms. The van der Waals surface area contributed by atoms with Crippen LogP contribution in [0.5, 0.6) is 0 Å². The third kappa shape index (κ3) is 1.01. The van der Waals surface area contributed by atoms with Gasteiger partial charge >= 0.3 is 0 Å². The Morgan fingerprint density at radius 2 is 2.36 bits per heavy atom. The highest BCUT2D eigenvalue weighted by Crippen LogP contribution is 2.38. The van der Waals surface area contributed by atoms with Crippen LogP contribution in [0, 0.1) is 0 Å². The molecule has 0 N–H and O–H groups in total. The highest BCUT2D eigenvalue weighted by Gasteiger charge is 2.46. The molecule has 0 radical (unpaired) electrons. The molecule has 0 aromatic carbocycles. The quantitative estimate of drug-likeness (QED) is 0.533. The number of hydrogen-bond acceptors (Lipinski definition) is 2. The second-order valence-electron chi connectivity index (χ2n) is 3.20. The Morgan fingerprint density at radius 1 is 1.45 bits per heavy atom. The normalized spacial score (nSPS) is 43.5. The molecule has 2 heteroatoms. The summed E-state index contributed by atoms with van der Waals surface area (Å²) >= 11 is 0. The summed E-state index contributed by atoms with van der Waals surface area (Å²) in [6.07, 6.45) is 6.63. The van der Waals surface area contributed by atoms with Crippen molar-refractivity contribution in [3.05, 3.63) is 12.2 Å². The fraction of sp³-hybridized carbons (Fsp3) is 0.778. The van der Waals surface area contributed by atoms with Crippen LogP contribution < -0.4 is 0 Å². The molecule has 0 aromatic heterocycles. The fourth-order valence-corrected chi connectivity index (χ4v) is 2.03. The van der Waals surface area contributed by atoms with Gasteiger partial charge in [-0.3, -0.25) is 0 Å². The summed E-state index contributed by atoms with van der Waals surface area (Å²) in [5.74, 6) is 0. The molecular weight excluding hydrogens is 140 g/mol. The van der Waals surface area contributed by atoms with E-state index in [1.54, 1.807) is 0 Å². The van der Waals surface area contributed by atoms with Crippen LogP contribution in [0.2, 0.25) is 0 Å². The summed E-state index contributed by atoms with van der Waals surface area (Å²) in [7, 11) is 0. The minimum Gasteiger partial charge on any atom is -0.375 e. The molecule has 2 unspecified atom stereocenters. The van der Waals surface area contributed by atoms with E-state index < -0.39 is 0 Å². The van der Waals surface area contributed by atoms with Crippen molar-refractivity contribution in [2.24, 2.45) is 0 Å². The van der Waals surface area contributed by atoms with Crippen molar-refractivity contribution in [2.75, 3.05) is 13.2 Å². The Labute approximate surface area is 67.2 Å². The standard InChI is InChI=1S/C9H14O2/c1-2-4-9-5-7-10-8(9)3-6-11-9/h2,4,8H,3,5-7H2,1H3/b4-2+. The molecule has 0 aliphatic carbocycles. The lowest BCUT2D eigenvalue weighted by molar-refractivity contribution is 0.0170. The predicted molar refractivity (Wildman–Crippen MR) is 42.5 cm³/mol. The molecule has 0 saturated carbocycles. The van der Waals surface area contributed by atoms with Crippen LogP contribution in [0.3, 0.4) is 0 Å². The number of fused-ring (bicyclic) bond motifs is 1. The van der Waals surface area contributed by atoms with Gasteiger partial charge in [-0.05, 0) is 6.92 Å². The molecule has 2 fully saturated rings. The van der Waals surface area contributed by atoms with Crippen LogP contribution in [0.25, 0.3) is 0 Å². The van der Waals surface area contributed by atoms with Gasteiger partial charge in [0.2, 0.25) is 0 Å². The Kier molecular flexibility index (Phi) is 1.74. The van der Waals surface area contributed by atoms with E-state index in [9.17, 15) is 0 Å². The van der Waals surface area contributed by atoms with Gasteiger partial charge in [0.05, 0.1) is 19.3 Å². The van der Waals surface area contributed by atoms with E-state index in [1.807, 2.05) is 6.92 Å². The van der Waals surface area contributed by atoms with Gasteiger partial charge in [0, 0.05) is 12.8 Å². The van der Waals surface area contributed by atoms with Gasteiger partial charge in [-0.15, -0.1) is 0 Å². The fourth-order valence-electron chi connectivity index (χ4n) is 2.03. The maximum absolute atomic E-state index is 5.69. The van der Waals surface area contributed by atoms with Crippen LogP contribution in [0.4, 0.5) is 0 Å².